The smallest absolute Gasteiger partial charge is 0.339 e. The Hall–Kier alpha value is -3.60. The highest BCUT2D eigenvalue weighted by molar-refractivity contribution is 5.97. The Labute approximate surface area is 239 Å². The van der Waals surface area contributed by atoms with Gasteiger partial charge in [0, 0.05) is 61.8 Å². The summed E-state index contributed by atoms with van der Waals surface area (Å²) in [5.41, 5.74) is 3.96. The normalized spacial score (nSPS) is 20.8. The number of halogens is 1. The summed E-state index contributed by atoms with van der Waals surface area (Å²) >= 11 is 0. The van der Waals surface area contributed by atoms with Crippen molar-refractivity contribution in [2.75, 3.05) is 54.0 Å². The van der Waals surface area contributed by atoms with Gasteiger partial charge in [-0.15, -0.1) is 17.5 Å². The molecule has 5 rings (SSSR count). The first-order valence-electron chi connectivity index (χ1n) is 13.1. The Balaban J connectivity index is 0.00000370. The van der Waals surface area contributed by atoms with Crippen LogP contribution in [0, 0.1) is 6.92 Å². The first-order chi connectivity index (χ1) is 18.8. The second-order valence-electron chi connectivity index (χ2n) is 10.1. The number of carbonyl (C=O) groups excluding carboxylic acids is 3. The number of likely N-dealkylation sites (N-methyl/N-ethyl adjacent to an activating group) is 1. The molecule has 2 aliphatic heterocycles. The number of methoxy groups -OCH3 is 2. The standard InChI is InChI=1S/C29H34N4O6.ClH/c1-18-25(29(36)38-4)26-21-11-12-33(24(34)10-7-19-5-8-20(37-3)9-6-19)23(21)17-22(27(26)30-18)28(35)39-32-15-13-31(2)14-16-32;/h5-10,17,21-22,30H,11-16H2,1-4H3;1H/b10-7+;. The van der Waals surface area contributed by atoms with E-state index in [1.54, 1.807) is 30.1 Å². The van der Waals surface area contributed by atoms with Crippen LogP contribution in [0.3, 0.4) is 0 Å². The number of aromatic nitrogens is 1. The van der Waals surface area contributed by atoms with Gasteiger partial charge in [0.1, 0.15) is 11.7 Å². The summed E-state index contributed by atoms with van der Waals surface area (Å²) in [5.74, 6) is -1.38. The lowest BCUT2D eigenvalue weighted by molar-refractivity contribution is -0.197. The zero-order chi connectivity index (χ0) is 27.7. The number of hydrogen-bond donors (Lipinski definition) is 1. The molecule has 2 fully saturated rings. The van der Waals surface area contributed by atoms with Gasteiger partial charge >= 0.3 is 11.9 Å². The number of hydroxylamine groups is 2. The fourth-order valence-electron chi connectivity index (χ4n) is 5.58. The van der Waals surface area contributed by atoms with E-state index in [0.29, 0.717) is 54.3 Å². The molecule has 1 aromatic heterocycles. The van der Waals surface area contributed by atoms with E-state index < -0.39 is 17.9 Å². The summed E-state index contributed by atoms with van der Waals surface area (Å²) in [6, 6.07) is 7.41. The van der Waals surface area contributed by atoms with E-state index in [0.717, 1.165) is 24.4 Å². The number of amides is 1. The van der Waals surface area contributed by atoms with E-state index in [4.69, 9.17) is 14.3 Å². The quantitative estimate of drug-likeness (QED) is 0.417. The fraction of sp³-hybridized carbons (Fsp3) is 0.414. The highest BCUT2D eigenvalue weighted by Gasteiger charge is 2.44. The average molecular weight is 571 g/mol. The number of H-pyrrole nitrogens is 1. The lowest BCUT2D eigenvalue weighted by atomic mass is 9.82. The number of aromatic amines is 1. The Morgan fingerprint density at radius 2 is 1.73 bits per heavy atom. The molecule has 3 aliphatic rings. The van der Waals surface area contributed by atoms with Crippen LogP contribution in [0.5, 0.6) is 5.75 Å². The summed E-state index contributed by atoms with van der Waals surface area (Å²) in [4.78, 5) is 52.6. The summed E-state index contributed by atoms with van der Waals surface area (Å²) in [5, 5.41) is 1.68. The van der Waals surface area contributed by atoms with Crippen LogP contribution < -0.4 is 4.74 Å². The number of likely N-dealkylation sites (tertiary alicyclic amines) is 1. The summed E-state index contributed by atoms with van der Waals surface area (Å²) < 4.78 is 10.3. The number of nitrogens with zero attached hydrogens (tertiary/aromatic N) is 3. The second-order valence-corrected chi connectivity index (χ2v) is 10.1. The number of rotatable bonds is 6. The molecule has 214 valence electrons. The highest BCUT2D eigenvalue weighted by Crippen LogP contribution is 2.48. The van der Waals surface area contributed by atoms with Gasteiger partial charge < -0.3 is 29.1 Å². The third kappa shape index (κ3) is 5.65. The summed E-state index contributed by atoms with van der Waals surface area (Å²) in [7, 11) is 4.98. The van der Waals surface area contributed by atoms with E-state index in [2.05, 4.69) is 9.88 Å². The van der Waals surface area contributed by atoms with E-state index in [1.165, 1.54) is 13.2 Å². The molecule has 2 atom stereocenters. The van der Waals surface area contributed by atoms with E-state index in [9.17, 15) is 14.4 Å². The third-order valence-electron chi connectivity index (χ3n) is 7.69. The molecule has 2 saturated heterocycles. The first-order valence-corrected chi connectivity index (χ1v) is 13.1. The van der Waals surface area contributed by atoms with Crippen LogP contribution in [0.15, 0.2) is 42.1 Å². The molecular formula is C29H35ClN4O6. The van der Waals surface area contributed by atoms with Crippen molar-refractivity contribution >= 4 is 36.3 Å². The first kappa shape index (κ1) is 29.4. The molecular weight excluding hydrogens is 536 g/mol. The minimum atomic E-state index is -0.790. The molecule has 3 heterocycles. The van der Waals surface area contributed by atoms with Gasteiger partial charge in [0.25, 0.3) is 5.91 Å². The lowest BCUT2D eigenvalue weighted by Gasteiger charge is -2.32. The highest BCUT2D eigenvalue weighted by atomic mass is 35.5. The molecule has 10 nitrogen and oxygen atoms in total. The number of allylic oxidation sites excluding steroid dienone is 1. The predicted molar refractivity (Wildman–Crippen MR) is 151 cm³/mol. The van der Waals surface area contributed by atoms with Crippen molar-refractivity contribution in [1.29, 1.82) is 0 Å². The maximum absolute atomic E-state index is 13.5. The largest absolute Gasteiger partial charge is 0.497 e. The van der Waals surface area contributed by atoms with Gasteiger partial charge in [0.15, 0.2) is 0 Å². The molecule has 11 heteroatoms. The van der Waals surface area contributed by atoms with Crippen molar-refractivity contribution in [3.63, 3.8) is 0 Å². The topological polar surface area (TPSA) is 104 Å². The lowest BCUT2D eigenvalue weighted by Crippen LogP contribution is -2.45. The van der Waals surface area contributed by atoms with Crippen molar-refractivity contribution in [3.05, 3.63) is 70.2 Å². The van der Waals surface area contributed by atoms with Crippen molar-refractivity contribution in [1.82, 2.24) is 19.8 Å². The second kappa shape index (κ2) is 12.3. The van der Waals surface area contributed by atoms with Gasteiger partial charge in [-0.1, -0.05) is 12.1 Å². The van der Waals surface area contributed by atoms with Crippen LogP contribution in [-0.2, 0) is 19.2 Å². The molecule has 1 aliphatic carbocycles. The van der Waals surface area contributed by atoms with Crippen LogP contribution in [0.4, 0.5) is 0 Å². The number of carbonyl (C=O) groups is 3. The van der Waals surface area contributed by atoms with Gasteiger partial charge in [-0.05, 0) is 55.8 Å². The number of hydrogen-bond acceptors (Lipinski definition) is 8. The Morgan fingerprint density at radius 1 is 1.02 bits per heavy atom. The minimum Gasteiger partial charge on any atom is -0.497 e. The van der Waals surface area contributed by atoms with Gasteiger partial charge in [0.05, 0.1) is 19.8 Å². The fourth-order valence-corrected chi connectivity index (χ4v) is 5.58. The number of aryl methyl sites for hydroxylation is 1. The van der Waals surface area contributed by atoms with Gasteiger partial charge in [-0.3, -0.25) is 4.79 Å². The van der Waals surface area contributed by atoms with Crippen LogP contribution in [0.2, 0.25) is 0 Å². The molecule has 2 aromatic rings. The van der Waals surface area contributed by atoms with Gasteiger partial charge in [0.2, 0.25) is 0 Å². The van der Waals surface area contributed by atoms with Crippen LogP contribution in [0.1, 0.15) is 51.1 Å². The average Bonchev–Trinajstić information content (AvgIpc) is 3.52. The molecule has 40 heavy (non-hydrogen) atoms. The number of fused-ring (bicyclic) bond motifs is 3. The number of ether oxygens (including phenoxy) is 2. The minimum absolute atomic E-state index is 0. The summed E-state index contributed by atoms with van der Waals surface area (Å²) in [6.07, 6.45) is 5.72. The monoisotopic (exact) mass is 570 g/mol. The SMILES string of the molecule is COC(=O)c1c(C)[nH]c2c1C1CCN(C(=O)/C=C/c3ccc(OC)cc3)C1=CC2C(=O)ON1CCN(C)CC1.Cl. The molecule has 1 N–H and O–H groups in total. The molecule has 2 unspecified atom stereocenters. The Bertz CT molecular complexity index is 1330. The van der Waals surface area contributed by atoms with Crippen LogP contribution in [0.25, 0.3) is 6.08 Å². The van der Waals surface area contributed by atoms with Crippen LogP contribution >= 0.6 is 12.4 Å². The van der Waals surface area contributed by atoms with Crippen molar-refractivity contribution in [2.45, 2.75) is 25.2 Å². The van der Waals surface area contributed by atoms with E-state index in [1.807, 2.05) is 37.4 Å². The third-order valence-corrected chi connectivity index (χ3v) is 7.69. The van der Waals surface area contributed by atoms with Gasteiger partial charge in [-0.25, -0.2) is 9.59 Å². The molecule has 0 bridgehead atoms. The van der Waals surface area contributed by atoms with Crippen molar-refractivity contribution in [3.8, 4) is 5.75 Å². The molecule has 0 spiro atoms. The number of esters is 1. The summed E-state index contributed by atoms with van der Waals surface area (Å²) in [6.45, 7) is 5.07. The maximum atomic E-state index is 13.5. The maximum Gasteiger partial charge on any atom is 0.339 e. The van der Waals surface area contributed by atoms with E-state index >= 15 is 0 Å². The molecule has 0 saturated carbocycles. The Morgan fingerprint density at radius 3 is 2.38 bits per heavy atom. The number of benzene rings is 1. The van der Waals surface area contributed by atoms with E-state index in [-0.39, 0.29) is 24.2 Å². The molecule has 0 radical (unpaired) electrons. The molecule has 1 aromatic carbocycles. The zero-order valence-corrected chi connectivity index (χ0v) is 24.0. The number of piperazine rings is 1. The van der Waals surface area contributed by atoms with Crippen LogP contribution in [-0.4, -0.2) is 91.7 Å². The zero-order valence-electron chi connectivity index (χ0n) is 23.1. The Kier molecular flexibility index (Phi) is 9.02. The van der Waals surface area contributed by atoms with Gasteiger partial charge in [-0.2, -0.15) is 0 Å². The van der Waals surface area contributed by atoms with Crippen molar-refractivity contribution < 1.29 is 28.7 Å². The van der Waals surface area contributed by atoms with Crippen molar-refractivity contribution in [2.24, 2.45) is 0 Å². The number of nitrogens with one attached hydrogen (secondary N) is 1. The predicted octanol–water partition coefficient (Wildman–Crippen LogP) is 3.26. The molecule has 1 amide bonds.